The molecule has 0 atom stereocenters. The largest absolute Gasteiger partial charge is 0.488 e. The summed E-state index contributed by atoms with van der Waals surface area (Å²) in [6, 6.07) is 24.7. The number of hydrogen-bond acceptors (Lipinski definition) is 5. The highest BCUT2D eigenvalue weighted by atomic mass is 16.5. The average Bonchev–Trinajstić information content (AvgIpc) is 3.27. The molecule has 184 valence electrons. The van der Waals surface area contributed by atoms with Crippen LogP contribution in [0.25, 0.3) is 27.9 Å². The first kappa shape index (κ1) is 24.0. The van der Waals surface area contributed by atoms with Crippen LogP contribution in [0.5, 0.6) is 5.75 Å². The summed E-state index contributed by atoms with van der Waals surface area (Å²) in [6.45, 7) is 0.317. The molecule has 0 aliphatic rings. The van der Waals surface area contributed by atoms with Crippen molar-refractivity contribution in [1.82, 2.24) is 9.55 Å². The number of hydrogen-bond donors (Lipinski definition) is 1. The van der Waals surface area contributed by atoms with Gasteiger partial charge in [-0.25, -0.2) is 9.78 Å². The first-order chi connectivity index (χ1) is 18.1. The zero-order chi connectivity index (χ0) is 25.8. The molecule has 7 heteroatoms. The van der Waals surface area contributed by atoms with E-state index >= 15 is 0 Å². The van der Waals surface area contributed by atoms with E-state index in [1.807, 2.05) is 78.9 Å². The van der Waals surface area contributed by atoms with E-state index in [0.717, 1.165) is 11.1 Å². The molecule has 0 unspecified atom stereocenters. The highest BCUT2D eigenvalue weighted by Gasteiger charge is 2.25. The van der Waals surface area contributed by atoms with Gasteiger partial charge in [0.05, 0.1) is 29.2 Å². The van der Waals surface area contributed by atoms with Gasteiger partial charge in [-0.05, 0) is 29.3 Å². The zero-order valence-electron chi connectivity index (χ0n) is 20.1. The molecule has 0 spiro atoms. The molecule has 5 rings (SSSR count). The molecule has 7 nitrogen and oxygen atoms in total. The number of pyridine rings is 1. The lowest BCUT2D eigenvalue weighted by atomic mass is 10.1. The average molecular weight is 493 g/mol. The number of carboxylic acid groups (broad SMARTS) is 1. The summed E-state index contributed by atoms with van der Waals surface area (Å²) in [5, 5.41) is 11.0. The molecular weight excluding hydrogens is 468 g/mol. The number of rotatable bonds is 8. The van der Waals surface area contributed by atoms with Crippen LogP contribution in [0.1, 0.15) is 32.0 Å². The van der Waals surface area contributed by atoms with Crippen LogP contribution in [0.3, 0.4) is 0 Å². The fourth-order valence-electron chi connectivity index (χ4n) is 4.44. The Morgan fingerprint density at radius 2 is 1.62 bits per heavy atom. The fraction of sp³-hybridized carbons (Fsp3) is 0.100. The van der Waals surface area contributed by atoms with Crippen LogP contribution in [0, 0.1) is 0 Å². The van der Waals surface area contributed by atoms with E-state index in [-0.39, 0.29) is 18.2 Å². The van der Waals surface area contributed by atoms with Crippen molar-refractivity contribution in [3.63, 3.8) is 0 Å². The third kappa shape index (κ3) is 4.72. The molecule has 0 radical (unpaired) electrons. The Balaban J connectivity index is 1.73. The van der Waals surface area contributed by atoms with Crippen LogP contribution in [0.2, 0.25) is 0 Å². The van der Waals surface area contributed by atoms with Gasteiger partial charge in [-0.3, -0.25) is 9.36 Å². The summed E-state index contributed by atoms with van der Waals surface area (Å²) in [5.41, 5.74) is 3.19. The minimum atomic E-state index is -1.17. The van der Waals surface area contributed by atoms with Crippen molar-refractivity contribution in [1.29, 1.82) is 0 Å². The van der Waals surface area contributed by atoms with E-state index in [2.05, 4.69) is 4.98 Å². The fourth-order valence-corrected chi connectivity index (χ4v) is 4.44. The van der Waals surface area contributed by atoms with Gasteiger partial charge in [-0.1, -0.05) is 66.7 Å². The molecule has 0 bridgehead atoms. The lowest BCUT2D eigenvalue weighted by Crippen LogP contribution is -2.10. The predicted molar refractivity (Wildman–Crippen MR) is 142 cm³/mol. The molecule has 5 aromatic rings. The smallest absolute Gasteiger partial charge is 0.354 e. The van der Waals surface area contributed by atoms with Crippen molar-refractivity contribution in [2.75, 3.05) is 7.11 Å². The van der Waals surface area contributed by atoms with Gasteiger partial charge < -0.3 is 14.6 Å². The van der Waals surface area contributed by atoms with E-state index in [0.29, 0.717) is 39.7 Å². The third-order valence-electron chi connectivity index (χ3n) is 6.06. The Hall–Kier alpha value is -4.75. The SMILES string of the molecule is COCc1c(C(=O)O)ncc2c1c1c(OCc3ccccc3)cccc1n2C(=O)C=Cc1ccccc1. The molecule has 37 heavy (non-hydrogen) atoms. The van der Waals surface area contributed by atoms with Crippen molar-refractivity contribution in [3.8, 4) is 5.75 Å². The van der Waals surface area contributed by atoms with Crippen LogP contribution >= 0.6 is 0 Å². The number of allylic oxidation sites excluding steroid dienone is 1. The zero-order valence-corrected chi connectivity index (χ0v) is 20.1. The molecule has 2 aromatic heterocycles. The lowest BCUT2D eigenvalue weighted by Gasteiger charge is -2.10. The van der Waals surface area contributed by atoms with Gasteiger partial charge in [0.1, 0.15) is 12.4 Å². The normalized spacial score (nSPS) is 11.4. The second kappa shape index (κ2) is 10.5. The second-order valence-corrected chi connectivity index (χ2v) is 8.43. The van der Waals surface area contributed by atoms with Crippen LogP contribution < -0.4 is 4.74 Å². The summed E-state index contributed by atoms with van der Waals surface area (Å²) >= 11 is 0. The molecule has 0 aliphatic carbocycles. The number of nitrogens with zero attached hydrogens (tertiary/aromatic N) is 2. The number of fused-ring (bicyclic) bond motifs is 3. The first-order valence-electron chi connectivity index (χ1n) is 11.7. The van der Waals surface area contributed by atoms with E-state index < -0.39 is 5.97 Å². The number of aromatic nitrogens is 2. The summed E-state index contributed by atoms with van der Waals surface area (Å²) < 4.78 is 13.1. The Bertz CT molecular complexity index is 1620. The van der Waals surface area contributed by atoms with Crippen LogP contribution in [-0.2, 0) is 18.0 Å². The molecule has 0 fully saturated rings. The van der Waals surface area contributed by atoms with Crippen LogP contribution in [0.4, 0.5) is 0 Å². The quantitative estimate of drug-likeness (QED) is 0.269. The van der Waals surface area contributed by atoms with Crippen molar-refractivity contribution >= 4 is 39.8 Å². The topological polar surface area (TPSA) is 90.7 Å². The minimum absolute atomic E-state index is 0.00610. The van der Waals surface area contributed by atoms with Crippen molar-refractivity contribution < 1.29 is 24.2 Å². The highest BCUT2D eigenvalue weighted by molar-refractivity contribution is 6.19. The van der Waals surface area contributed by atoms with Gasteiger partial charge in [0.2, 0.25) is 0 Å². The summed E-state index contributed by atoms with van der Waals surface area (Å²) in [4.78, 5) is 29.8. The van der Waals surface area contributed by atoms with Crippen molar-refractivity contribution in [3.05, 3.63) is 114 Å². The second-order valence-electron chi connectivity index (χ2n) is 8.43. The molecule has 1 N–H and O–H groups in total. The van der Waals surface area contributed by atoms with Gasteiger partial charge >= 0.3 is 5.97 Å². The Labute approximate surface area is 213 Å². The van der Waals surface area contributed by atoms with Crippen LogP contribution in [-0.4, -0.2) is 33.6 Å². The molecule has 0 amide bonds. The van der Waals surface area contributed by atoms with Gasteiger partial charge in [0, 0.05) is 24.1 Å². The number of carbonyl (C=O) groups is 2. The molecule has 2 heterocycles. The van der Waals surface area contributed by atoms with E-state index in [1.54, 1.807) is 6.08 Å². The van der Waals surface area contributed by atoms with E-state index in [4.69, 9.17) is 9.47 Å². The monoisotopic (exact) mass is 492 g/mol. The third-order valence-corrected chi connectivity index (χ3v) is 6.06. The van der Waals surface area contributed by atoms with Gasteiger partial charge in [-0.15, -0.1) is 0 Å². The molecule has 0 saturated carbocycles. The number of methoxy groups -OCH3 is 1. The standard InChI is InChI=1S/C30H24N2O5/c1-36-19-22-27-24(17-31-29(22)30(34)35)32(26(33)16-15-20-9-4-2-5-10-20)23-13-8-14-25(28(23)27)37-18-21-11-6-3-7-12-21/h2-17H,18-19H2,1H3,(H,34,35). The maximum atomic E-state index is 13.5. The predicted octanol–water partition coefficient (Wildman–Crippen LogP) is 5.97. The Kier molecular flexibility index (Phi) is 6.78. The first-order valence-corrected chi connectivity index (χ1v) is 11.7. The number of aromatic carboxylic acids is 1. The van der Waals surface area contributed by atoms with Gasteiger partial charge in [-0.2, -0.15) is 0 Å². The van der Waals surface area contributed by atoms with E-state index in [1.165, 1.54) is 23.9 Å². The maximum Gasteiger partial charge on any atom is 0.354 e. The van der Waals surface area contributed by atoms with Gasteiger partial charge in [0.15, 0.2) is 5.69 Å². The molecule has 0 aliphatic heterocycles. The molecule has 0 saturated heterocycles. The van der Waals surface area contributed by atoms with E-state index in [9.17, 15) is 14.7 Å². The van der Waals surface area contributed by atoms with Crippen molar-refractivity contribution in [2.45, 2.75) is 13.2 Å². The molecular formula is C30H24N2O5. The minimum Gasteiger partial charge on any atom is -0.488 e. The Morgan fingerprint density at radius 1 is 0.892 bits per heavy atom. The van der Waals surface area contributed by atoms with Gasteiger partial charge in [0.25, 0.3) is 5.91 Å². The number of benzene rings is 3. The number of ether oxygens (including phenoxy) is 2. The van der Waals surface area contributed by atoms with Crippen LogP contribution in [0.15, 0.2) is 91.1 Å². The summed E-state index contributed by atoms with van der Waals surface area (Å²) in [7, 11) is 1.49. The number of carbonyl (C=O) groups excluding carboxylic acids is 1. The summed E-state index contributed by atoms with van der Waals surface area (Å²) in [5.74, 6) is -0.935. The van der Waals surface area contributed by atoms with Crippen molar-refractivity contribution in [2.24, 2.45) is 0 Å². The molecule has 3 aromatic carbocycles. The lowest BCUT2D eigenvalue weighted by molar-refractivity contribution is 0.0685. The Morgan fingerprint density at radius 3 is 2.32 bits per heavy atom. The maximum absolute atomic E-state index is 13.5. The number of carboxylic acids is 1. The summed E-state index contributed by atoms with van der Waals surface area (Å²) in [6.07, 6.45) is 4.66. The highest BCUT2D eigenvalue weighted by Crippen LogP contribution is 2.39.